The number of hydrogen-bond donors (Lipinski definition) is 0. The Morgan fingerprint density at radius 2 is 1.79 bits per heavy atom. The van der Waals surface area contributed by atoms with Crippen molar-refractivity contribution in [1.29, 1.82) is 0 Å². The Morgan fingerprint density at radius 3 is 2.29 bits per heavy atom. The maximum absolute atomic E-state index is 5.29. The molecule has 0 aliphatic carbocycles. The van der Waals surface area contributed by atoms with Crippen LogP contribution in [0, 0.1) is 13.8 Å². The molecule has 0 bridgehead atoms. The molecular formula is C13H18O. The molecule has 1 nitrogen and oxygen atoms in total. The Kier molecular flexibility index (Phi) is 3.34. The zero-order chi connectivity index (χ0) is 10.7. The highest BCUT2D eigenvalue weighted by molar-refractivity contribution is 5.59. The molecule has 1 heteroatoms. The lowest BCUT2D eigenvalue weighted by Gasteiger charge is -2.09. The molecule has 1 aromatic rings. The van der Waals surface area contributed by atoms with Gasteiger partial charge in [-0.25, -0.2) is 0 Å². The van der Waals surface area contributed by atoms with Crippen LogP contribution in [0.4, 0.5) is 0 Å². The van der Waals surface area contributed by atoms with Gasteiger partial charge in [0.2, 0.25) is 0 Å². The van der Waals surface area contributed by atoms with Crippen molar-refractivity contribution in [3.05, 3.63) is 34.4 Å². The summed E-state index contributed by atoms with van der Waals surface area (Å²) in [5.41, 5.74) is 5.03. The second-order valence-corrected chi connectivity index (χ2v) is 3.90. The molecule has 1 rings (SSSR count). The lowest BCUT2D eigenvalue weighted by molar-refractivity contribution is 0.411. The van der Waals surface area contributed by atoms with Gasteiger partial charge < -0.3 is 4.74 Å². The standard InChI is InChI=1S/C13H18O/c1-9(2)6-12-8-13(14-5)11(4)7-10(12)3/h6-8H,1-5H3. The molecule has 0 aliphatic rings. The molecule has 0 saturated carbocycles. The summed E-state index contributed by atoms with van der Waals surface area (Å²) in [6.07, 6.45) is 2.18. The van der Waals surface area contributed by atoms with Crippen molar-refractivity contribution in [3.8, 4) is 5.75 Å². The summed E-state index contributed by atoms with van der Waals surface area (Å²) in [4.78, 5) is 0. The van der Waals surface area contributed by atoms with Gasteiger partial charge in [0.1, 0.15) is 5.75 Å². The molecule has 1 aromatic carbocycles. The third kappa shape index (κ3) is 2.38. The van der Waals surface area contributed by atoms with E-state index in [-0.39, 0.29) is 0 Å². The van der Waals surface area contributed by atoms with Crippen LogP contribution in [-0.4, -0.2) is 7.11 Å². The third-order valence-electron chi connectivity index (χ3n) is 2.23. The maximum atomic E-state index is 5.29. The van der Waals surface area contributed by atoms with Gasteiger partial charge in [-0.1, -0.05) is 17.7 Å². The summed E-state index contributed by atoms with van der Waals surface area (Å²) in [6.45, 7) is 8.40. The number of hydrogen-bond acceptors (Lipinski definition) is 1. The highest BCUT2D eigenvalue weighted by atomic mass is 16.5. The van der Waals surface area contributed by atoms with E-state index in [1.807, 2.05) is 0 Å². The Hall–Kier alpha value is -1.24. The average Bonchev–Trinajstić information content (AvgIpc) is 2.09. The fraction of sp³-hybridized carbons (Fsp3) is 0.385. The Morgan fingerprint density at radius 1 is 1.14 bits per heavy atom. The summed E-state index contributed by atoms with van der Waals surface area (Å²) in [7, 11) is 1.71. The van der Waals surface area contributed by atoms with Crippen LogP contribution in [0.1, 0.15) is 30.5 Å². The fourth-order valence-electron chi connectivity index (χ4n) is 1.53. The average molecular weight is 190 g/mol. The van der Waals surface area contributed by atoms with Crippen molar-refractivity contribution in [2.24, 2.45) is 0 Å². The van der Waals surface area contributed by atoms with E-state index < -0.39 is 0 Å². The van der Waals surface area contributed by atoms with Crippen molar-refractivity contribution >= 4 is 6.08 Å². The third-order valence-corrected chi connectivity index (χ3v) is 2.23. The lowest BCUT2D eigenvalue weighted by atomic mass is 10.0. The number of aryl methyl sites for hydroxylation is 2. The molecule has 76 valence electrons. The summed E-state index contributed by atoms with van der Waals surface area (Å²) in [5.74, 6) is 0.961. The van der Waals surface area contributed by atoms with E-state index in [4.69, 9.17) is 4.74 Å². The smallest absolute Gasteiger partial charge is 0.122 e. The van der Waals surface area contributed by atoms with Crippen molar-refractivity contribution in [2.75, 3.05) is 7.11 Å². The summed E-state index contributed by atoms with van der Waals surface area (Å²) in [6, 6.07) is 4.26. The van der Waals surface area contributed by atoms with Crippen molar-refractivity contribution in [2.45, 2.75) is 27.7 Å². The van der Waals surface area contributed by atoms with E-state index in [2.05, 4.69) is 45.9 Å². The van der Waals surface area contributed by atoms with Crippen molar-refractivity contribution in [3.63, 3.8) is 0 Å². The van der Waals surface area contributed by atoms with Gasteiger partial charge in [-0.05, 0) is 50.5 Å². The molecule has 0 atom stereocenters. The first-order chi connectivity index (χ1) is 6.54. The van der Waals surface area contributed by atoms with E-state index >= 15 is 0 Å². The van der Waals surface area contributed by atoms with Crippen LogP contribution in [0.15, 0.2) is 17.7 Å². The van der Waals surface area contributed by atoms with Gasteiger partial charge in [0.05, 0.1) is 7.11 Å². The second-order valence-electron chi connectivity index (χ2n) is 3.90. The van der Waals surface area contributed by atoms with Crippen LogP contribution in [0.2, 0.25) is 0 Å². The summed E-state index contributed by atoms with van der Waals surface area (Å²) in [5, 5.41) is 0. The van der Waals surface area contributed by atoms with E-state index in [1.165, 1.54) is 22.3 Å². The first-order valence-electron chi connectivity index (χ1n) is 4.84. The normalized spacial score (nSPS) is 9.79. The van der Waals surface area contributed by atoms with Gasteiger partial charge in [-0.3, -0.25) is 0 Å². The molecule has 0 fully saturated rings. The monoisotopic (exact) mass is 190 g/mol. The van der Waals surface area contributed by atoms with Gasteiger partial charge in [-0.2, -0.15) is 0 Å². The van der Waals surface area contributed by atoms with E-state index in [0.717, 1.165) is 5.75 Å². The molecule has 0 unspecified atom stereocenters. The van der Waals surface area contributed by atoms with Crippen LogP contribution in [-0.2, 0) is 0 Å². The van der Waals surface area contributed by atoms with Crippen LogP contribution in [0.5, 0.6) is 5.75 Å². The summed E-state index contributed by atoms with van der Waals surface area (Å²) >= 11 is 0. The Bertz CT molecular complexity index is 358. The minimum absolute atomic E-state index is 0.961. The Balaban J connectivity index is 3.24. The van der Waals surface area contributed by atoms with Gasteiger partial charge >= 0.3 is 0 Å². The SMILES string of the molecule is COc1cc(C=C(C)C)c(C)cc1C. The molecular weight excluding hydrogens is 172 g/mol. The predicted octanol–water partition coefficient (Wildman–Crippen LogP) is 3.74. The Labute approximate surface area is 86.4 Å². The van der Waals surface area contributed by atoms with Gasteiger partial charge in [0, 0.05) is 0 Å². The fourth-order valence-corrected chi connectivity index (χ4v) is 1.53. The molecule has 0 spiro atoms. The number of methoxy groups -OCH3 is 1. The van der Waals surface area contributed by atoms with E-state index in [9.17, 15) is 0 Å². The van der Waals surface area contributed by atoms with Crippen LogP contribution < -0.4 is 4.74 Å². The highest BCUT2D eigenvalue weighted by Gasteiger charge is 2.02. The van der Waals surface area contributed by atoms with Crippen molar-refractivity contribution < 1.29 is 4.74 Å². The number of allylic oxidation sites excluding steroid dienone is 1. The van der Waals surface area contributed by atoms with E-state index in [0.29, 0.717) is 0 Å². The highest BCUT2D eigenvalue weighted by Crippen LogP contribution is 2.24. The first kappa shape index (κ1) is 10.8. The number of rotatable bonds is 2. The molecule has 0 aliphatic heterocycles. The zero-order valence-corrected chi connectivity index (χ0v) is 9.64. The van der Waals surface area contributed by atoms with Crippen LogP contribution >= 0.6 is 0 Å². The maximum Gasteiger partial charge on any atom is 0.122 e. The van der Waals surface area contributed by atoms with Gasteiger partial charge in [0.15, 0.2) is 0 Å². The lowest BCUT2D eigenvalue weighted by Crippen LogP contribution is -1.90. The van der Waals surface area contributed by atoms with Gasteiger partial charge in [-0.15, -0.1) is 0 Å². The number of ether oxygens (including phenoxy) is 1. The number of benzene rings is 1. The second kappa shape index (κ2) is 4.32. The quantitative estimate of drug-likeness (QED) is 0.690. The molecule has 0 N–H and O–H groups in total. The zero-order valence-electron chi connectivity index (χ0n) is 9.64. The minimum Gasteiger partial charge on any atom is -0.496 e. The minimum atomic E-state index is 0.961. The largest absolute Gasteiger partial charge is 0.496 e. The molecule has 0 radical (unpaired) electrons. The molecule has 0 heterocycles. The van der Waals surface area contributed by atoms with Crippen LogP contribution in [0.25, 0.3) is 6.08 Å². The first-order valence-corrected chi connectivity index (χ1v) is 4.84. The van der Waals surface area contributed by atoms with E-state index in [1.54, 1.807) is 7.11 Å². The van der Waals surface area contributed by atoms with Gasteiger partial charge in [0.25, 0.3) is 0 Å². The summed E-state index contributed by atoms with van der Waals surface area (Å²) < 4.78 is 5.29. The predicted molar refractivity (Wildman–Crippen MR) is 61.8 cm³/mol. The molecule has 14 heavy (non-hydrogen) atoms. The van der Waals surface area contributed by atoms with Crippen molar-refractivity contribution in [1.82, 2.24) is 0 Å². The molecule has 0 aromatic heterocycles. The topological polar surface area (TPSA) is 9.23 Å². The molecule has 0 saturated heterocycles. The molecule has 0 amide bonds. The van der Waals surface area contributed by atoms with Crippen LogP contribution in [0.3, 0.4) is 0 Å².